The molecule has 3 atom stereocenters. The lowest BCUT2D eigenvalue weighted by Crippen LogP contribution is -2.29. The van der Waals surface area contributed by atoms with Crippen LogP contribution in [-0.2, 0) is 0 Å². The summed E-state index contributed by atoms with van der Waals surface area (Å²) in [5.74, 6) is 1.73. The maximum Gasteiger partial charge on any atom is 0.273 e. The summed E-state index contributed by atoms with van der Waals surface area (Å²) < 4.78 is 10.8. The molecule has 134 valence electrons. The molecule has 1 aliphatic carbocycles. The van der Waals surface area contributed by atoms with Crippen molar-refractivity contribution in [1.29, 1.82) is 0 Å². The van der Waals surface area contributed by atoms with Gasteiger partial charge in [0.25, 0.3) is 5.69 Å². The first-order valence-corrected chi connectivity index (χ1v) is 8.56. The van der Waals surface area contributed by atoms with E-state index >= 15 is 0 Å². The number of non-ortho nitro benzene ring substituents is 1. The molecule has 0 saturated carbocycles. The van der Waals surface area contributed by atoms with Crippen LogP contribution in [0.2, 0.25) is 0 Å². The van der Waals surface area contributed by atoms with Gasteiger partial charge in [0.2, 0.25) is 0 Å². The van der Waals surface area contributed by atoms with Crippen molar-refractivity contribution < 1.29 is 14.4 Å². The van der Waals surface area contributed by atoms with E-state index in [-0.39, 0.29) is 22.6 Å². The molecule has 0 aromatic heterocycles. The Morgan fingerprint density at radius 1 is 1.19 bits per heavy atom. The molecule has 3 unspecified atom stereocenters. The van der Waals surface area contributed by atoms with Gasteiger partial charge in [0.15, 0.2) is 0 Å². The Balaban J connectivity index is 1.83. The molecule has 0 radical (unpaired) electrons. The highest BCUT2D eigenvalue weighted by Gasteiger charge is 2.40. The molecule has 0 amide bonds. The Bertz CT molecular complexity index is 893. The molecule has 2 aliphatic rings. The second-order valence-electron chi connectivity index (χ2n) is 6.62. The lowest BCUT2D eigenvalue weighted by molar-refractivity contribution is -0.385. The summed E-state index contributed by atoms with van der Waals surface area (Å²) in [6.45, 7) is 0. The van der Waals surface area contributed by atoms with Crippen LogP contribution in [0.1, 0.15) is 29.5 Å². The van der Waals surface area contributed by atoms with Crippen molar-refractivity contribution in [1.82, 2.24) is 0 Å². The third kappa shape index (κ3) is 2.58. The number of hydrogen-bond acceptors (Lipinski definition) is 5. The van der Waals surface area contributed by atoms with E-state index in [0.717, 1.165) is 29.0 Å². The highest BCUT2D eigenvalue weighted by atomic mass is 16.6. The largest absolute Gasteiger partial charge is 0.497 e. The molecule has 0 bridgehead atoms. The van der Waals surface area contributed by atoms with E-state index < -0.39 is 0 Å². The predicted octanol–water partition coefficient (Wildman–Crippen LogP) is 4.44. The topological polar surface area (TPSA) is 73.6 Å². The molecular weight excluding hydrogens is 332 g/mol. The molecule has 1 aliphatic heterocycles. The second kappa shape index (κ2) is 6.37. The number of rotatable bonds is 4. The minimum Gasteiger partial charge on any atom is -0.497 e. The second-order valence-corrected chi connectivity index (χ2v) is 6.62. The van der Waals surface area contributed by atoms with Crippen LogP contribution in [0.3, 0.4) is 0 Å². The first kappa shape index (κ1) is 16.4. The lowest BCUT2D eigenvalue weighted by Gasteiger charge is -2.38. The molecule has 1 N–H and O–H groups in total. The van der Waals surface area contributed by atoms with Crippen molar-refractivity contribution in [2.24, 2.45) is 5.92 Å². The summed E-state index contributed by atoms with van der Waals surface area (Å²) >= 11 is 0. The van der Waals surface area contributed by atoms with Crippen molar-refractivity contribution >= 4 is 11.4 Å². The highest BCUT2D eigenvalue weighted by molar-refractivity contribution is 5.71. The average Bonchev–Trinajstić information content (AvgIpc) is 3.16. The van der Waals surface area contributed by atoms with Gasteiger partial charge < -0.3 is 14.8 Å². The number of benzene rings is 2. The number of nitrogens with zero attached hydrogens (tertiary/aromatic N) is 1. The number of fused-ring (bicyclic) bond motifs is 3. The Morgan fingerprint density at radius 2 is 2.04 bits per heavy atom. The van der Waals surface area contributed by atoms with E-state index in [1.54, 1.807) is 13.2 Å². The van der Waals surface area contributed by atoms with Gasteiger partial charge >= 0.3 is 0 Å². The Labute approximate surface area is 151 Å². The van der Waals surface area contributed by atoms with E-state index in [4.69, 9.17) is 9.47 Å². The van der Waals surface area contributed by atoms with Crippen LogP contribution in [0.5, 0.6) is 11.5 Å². The number of hydrogen-bond donors (Lipinski definition) is 1. The summed E-state index contributed by atoms with van der Waals surface area (Å²) in [4.78, 5) is 10.9. The van der Waals surface area contributed by atoms with E-state index in [1.807, 2.05) is 18.2 Å². The van der Waals surface area contributed by atoms with Gasteiger partial charge in [-0.25, -0.2) is 0 Å². The van der Waals surface area contributed by atoms with Gasteiger partial charge in [-0.3, -0.25) is 10.1 Å². The number of nitro benzene ring substituents is 1. The third-order valence-electron chi connectivity index (χ3n) is 5.30. The summed E-state index contributed by atoms with van der Waals surface area (Å²) in [6.07, 6.45) is 5.23. The van der Waals surface area contributed by atoms with Crippen molar-refractivity contribution in [3.05, 3.63) is 69.8 Å². The fourth-order valence-corrected chi connectivity index (χ4v) is 4.08. The van der Waals surface area contributed by atoms with Crippen LogP contribution < -0.4 is 14.8 Å². The van der Waals surface area contributed by atoms with Crippen LogP contribution in [0.25, 0.3) is 0 Å². The molecule has 0 spiro atoms. The molecule has 1 heterocycles. The zero-order valence-corrected chi connectivity index (χ0v) is 14.6. The normalized spacial score (nSPS) is 22.9. The summed E-state index contributed by atoms with van der Waals surface area (Å²) in [7, 11) is 3.20. The van der Waals surface area contributed by atoms with Gasteiger partial charge in [-0.1, -0.05) is 24.3 Å². The quantitative estimate of drug-likeness (QED) is 0.500. The fourth-order valence-electron chi connectivity index (χ4n) is 4.08. The summed E-state index contributed by atoms with van der Waals surface area (Å²) in [6, 6.07) is 11.2. The van der Waals surface area contributed by atoms with Crippen LogP contribution in [0.4, 0.5) is 11.4 Å². The number of ether oxygens (including phenoxy) is 2. The number of methoxy groups -OCH3 is 2. The molecule has 2 aromatic carbocycles. The standard InChI is InChI=1S/C20H20N2O4/c1-25-14-6-3-5-12(9-14)19-16-8-4-7-15(16)17-10-13(22(23)24)11-18(26-2)20(17)21-19/h3-7,9-11,15-16,19,21H,8H2,1-2H3. The highest BCUT2D eigenvalue weighted by Crippen LogP contribution is 2.53. The first-order valence-electron chi connectivity index (χ1n) is 8.56. The zero-order chi connectivity index (χ0) is 18.3. The summed E-state index contributed by atoms with van der Waals surface area (Å²) in [5.41, 5.74) is 2.95. The summed E-state index contributed by atoms with van der Waals surface area (Å²) in [5, 5.41) is 14.9. The van der Waals surface area contributed by atoms with Gasteiger partial charge in [-0.05, 0) is 35.6 Å². The Hall–Kier alpha value is -3.02. The van der Waals surface area contributed by atoms with Crippen molar-refractivity contribution in [2.75, 3.05) is 19.5 Å². The van der Waals surface area contributed by atoms with E-state index in [0.29, 0.717) is 11.7 Å². The maximum atomic E-state index is 11.3. The average molecular weight is 352 g/mol. The maximum absolute atomic E-state index is 11.3. The van der Waals surface area contributed by atoms with Crippen LogP contribution in [0.15, 0.2) is 48.6 Å². The predicted molar refractivity (Wildman–Crippen MR) is 99.0 cm³/mol. The van der Waals surface area contributed by atoms with Crippen molar-refractivity contribution in [2.45, 2.75) is 18.4 Å². The van der Waals surface area contributed by atoms with Gasteiger partial charge in [0.1, 0.15) is 11.5 Å². The Morgan fingerprint density at radius 3 is 2.77 bits per heavy atom. The monoisotopic (exact) mass is 352 g/mol. The SMILES string of the molecule is COc1cccc(C2Nc3c(OC)cc([N+](=O)[O-])cc3C3C=CCC32)c1. The Kier molecular flexibility index (Phi) is 4.03. The molecule has 0 fully saturated rings. The molecule has 6 nitrogen and oxygen atoms in total. The van der Waals surface area contributed by atoms with Crippen LogP contribution >= 0.6 is 0 Å². The van der Waals surface area contributed by atoms with Gasteiger partial charge in [-0.15, -0.1) is 0 Å². The number of anilines is 1. The van der Waals surface area contributed by atoms with E-state index in [1.165, 1.54) is 13.2 Å². The van der Waals surface area contributed by atoms with Crippen molar-refractivity contribution in [3.63, 3.8) is 0 Å². The molecule has 4 rings (SSSR count). The number of nitrogens with one attached hydrogen (secondary N) is 1. The van der Waals surface area contributed by atoms with Crippen molar-refractivity contribution in [3.8, 4) is 11.5 Å². The molecule has 26 heavy (non-hydrogen) atoms. The number of allylic oxidation sites excluding steroid dienone is 2. The zero-order valence-electron chi connectivity index (χ0n) is 14.6. The van der Waals surface area contributed by atoms with Crippen LogP contribution in [0, 0.1) is 16.0 Å². The van der Waals surface area contributed by atoms with E-state index in [2.05, 4.69) is 23.5 Å². The molecule has 0 saturated heterocycles. The first-order chi connectivity index (χ1) is 12.6. The minimum absolute atomic E-state index is 0.0567. The number of nitro groups is 1. The molecule has 2 aromatic rings. The molecular formula is C20H20N2O4. The van der Waals surface area contributed by atoms with Crippen LogP contribution in [-0.4, -0.2) is 19.1 Å². The smallest absolute Gasteiger partial charge is 0.273 e. The van der Waals surface area contributed by atoms with Gasteiger partial charge in [0.05, 0.1) is 36.9 Å². The van der Waals surface area contributed by atoms with Gasteiger partial charge in [-0.2, -0.15) is 0 Å². The minimum atomic E-state index is -0.370. The molecule has 6 heteroatoms. The lowest BCUT2D eigenvalue weighted by atomic mass is 9.76. The van der Waals surface area contributed by atoms with Gasteiger partial charge in [0, 0.05) is 12.0 Å². The fraction of sp³-hybridized carbons (Fsp3) is 0.300. The third-order valence-corrected chi connectivity index (χ3v) is 5.30. The van der Waals surface area contributed by atoms with E-state index in [9.17, 15) is 10.1 Å².